The minimum atomic E-state index is -0.273. The number of halogens is 1. The molecular formula is C20H21FO2. The van der Waals surface area contributed by atoms with E-state index in [4.69, 9.17) is 0 Å². The maximum absolute atomic E-state index is 15.4. The Hall–Kier alpha value is -2.29. The first-order valence-electron chi connectivity index (χ1n) is 7.71. The summed E-state index contributed by atoms with van der Waals surface area (Å²) >= 11 is 0. The summed E-state index contributed by atoms with van der Waals surface area (Å²) in [6.45, 7) is 11.0. The van der Waals surface area contributed by atoms with Gasteiger partial charge in [0.15, 0.2) is 0 Å². The van der Waals surface area contributed by atoms with Gasteiger partial charge in [0.2, 0.25) is 0 Å². The average Bonchev–Trinajstić information content (AvgIpc) is 2.49. The molecule has 0 aromatic heterocycles. The molecule has 0 amide bonds. The Morgan fingerprint density at radius 3 is 1.83 bits per heavy atom. The lowest BCUT2D eigenvalue weighted by molar-refractivity contribution is 0.467. The van der Waals surface area contributed by atoms with Crippen LogP contribution in [-0.2, 0) is 0 Å². The molecule has 0 aliphatic heterocycles. The molecule has 0 saturated carbocycles. The molecular weight excluding hydrogens is 291 g/mol. The van der Waals surface area contributed by atoms with Gasteiger partial charge < -0.3 is 10.2 Å². The second-order valence-corrected chi connectivity index (χ2v) is 6.50. The Morgan fingerprint density at radius 1 is 0.652 bits per heavy atom. The van der Waals surface area contributed by atoms with Crippen molar-refractivity contribution < 1.29 is 14.6 Å². The summed E-state index contributed by atoms with van der Waals surface area (Å²) in [5.74, 6) is 0.110. The SMILES string of the molecule is Cc1c(O)c(C)c2c(C)c3c(C)c(O)cc(C)c3c(F)c2c1C. The van der Waals surface area contributed by atoms with Gasteiger partial charge in [-0.1, -0.05) is 0 Å². The van der Waals surface area contributed by atoms with Crippen LogP contribution < -0.4 is 0 Å². The molecule has 3 rings (SSSR count). The molecule has 0 atom stereocenters. The minimum Gasteiger partial charge on any atom is -0.508 e. The Bertz CT molecular complexity index is 1000. The molecule has 3 aromatic rings. The maximum atomic E-state index is 15.4. The lowest BCUT2D eigenvalue weighted by atomic mass is 9.86. The van der Waals surface area contributed by atoms with Crippen LogP contribution in [0.3, 0.4) is 0 Å². The van der Waals surface area contributed by atoms with Crippen LogP contribution in [0.2, 0.25) is 0 Å². The van der Waals surface area contributed by atoms with Crippen molar-refractivity contribution in [2.24, 2.45) is 0 Å². The highest BCUT2D eigenvalue weighted by molar-refractivity contribution is 6.09. The van der Waals surface area contributed by atoms with E-state index in [0.717, 1.165) is 21.9 Å². The molecule has 0 heterocycles. The number of fused-ring (bicyclic) bond motifs is 2. The van der Waals surface area contributed by atoms with Gasteiger partial charge in [-0.25, -0.2) is 4.39 Å². The number of hydrogen-bond donors (Lipinski definition) is 2. The van der Waals surface area contributed by atoms with Crippen molar-refractivity contribution in [3.8, 4) is 11.5 Å². The first kappa shape index (κ1) is 15.6. The summed E-state index contributed by atoms with van der Waals surface area (Å²) in [5.41, 5.74) is 4.43. The molecule has 3 heteroatoms. The van der Waals surface area contributed by atoms with E-state index in [1.165, 1.54) is 0 Å². The minimum absolute atomic E-state index is 0.169. The van der Waals surface area contributed by atoms with Crippen molar-refractivity contribution >= 4 is 21.5 Å². The van der Waals surface area contributed by atoms with Gasteiger partial charge >= 0.3 is 0 Å². The van der Waals surface area contributed by atoms with Gasteiger partial charge in [0.25, 0.3) is 0 Å². The fourth-order valence-electron chi connectivity index (χ4n) is 3.78. The normalized spacial score (nSPS) is 11.6. The second kappa shape index (κ2) is 4.85. The molecule has 0 saturated heterocycles. The number of phenolic OH excluding ortho intramolecular Hbond substituents is 2. The quantitative estimate of drug-likeness (QED) is 0.546. The highest BCUT2D eigenvalue weighted by atomic mass is 19.1. The predicted molar refractivity (Wildman–Crippen MR) is 93.2 cm³/mol. The summed E-state index contributed by atoms with van der Waals surface area (Å²) in [4.78, 5) is 0. The molecule has 23 heavy (non-hydrogen) atoms. The fourth-order valence-corrected chi connectivity index (χ4v) is 3.78. The molecule has 2 nitrogen and oxygen atoms in total. The van der Waals surface area contributed by atoms with E-state index in [1.54, 1.807) is 13.0 Å². The standard InChI is InChI=1S/C20H21FO2/c1-8-7-14(22)11(4)16-12(5)17-13(6)20(23)10(3)9(2)18(17)19(21)15(8)16/h7,22-23H,1-6H3. The summed E-state index contributed by atoms with van der Waals surface area (Å²) in [7, 11) is 0. The molecule has 0 bridgehead atoms. The molecule has 0 aliphatic carbocycles. The monoisotopic (exact) mass is 312 g/mol. The third-order valence-electron chi connectivity index (χ3n) is 5.22. The summed E-state index contributed by atoms with van der Waals surface area (Å²) in [6.07, 6.45) is 0. The van der Waals surface area contributed by atoms with Crippen molar-refractivity contribution in [2.75, 3.05) is 0 Å². The molecule has 120 valence electrons. The van der Waals surface area contributed by atoms with Crippen LogP contribution in [0.15, 0.2) is 6.07 Å². The van der Waals surface area contributed by atoms with Crippen molar-refractivity contribution in [3.63, 3.8) is 0 Å². The molecule has 3 aromatic carbocycles. The number of aryl methyl sites for hydroxylation is 5. The average molecular weight is 312 g/mol. The number of aromatic hydroxyl groups is 2. The first-order chi connectivity index (χ1) is 10.7. The van der Waals surface area contributed by atoms with Crippen molar-refractivity contribution in [1.29, 1.82) is 0 Å². The zero-order chi connectivity index (χ0) is 17.2. The molecule has 0 aliphatic rings. The van der Waals surface area contributed by atoms with E-state index < -0.39 is 0 Å². The summed E-state index contributed by atoms with van der Waals surface area (Å²) in [5, 5.41) is 23.1. The van der Waals surface area contributed by atoms with Crippen molar-refractivity contribution in [1.82, 2.24) is 0 Å². The molecule has 0 spiro atoms. The highest BCUT2D eigenvalue weighted by Crippen LogP contribution is 2.43. The van der Waals surface area contributed by atoms with Gasteiger partial charge in [-0.3, -0.25) is 0 Å². The first-order valence-corrected chi connectivity index (χ1v) is 7.71. The summed E-state index contributed by atoms with van der Waals surface area (Å²) < 4.78 is 15.4. The van der Waals surface area contributed by atoms with Crippen molar-refractivity contribution in [3.05, 3.63) is 45.3 Å². The van der Waals surface area contributed by atoms with E-state index in [9.17, 15) is 10.2 Å². The maximum Gasteiger partial charge on any atom is 0.139 e. The molecule has 0 radical (unpaired) electrons. The Kier molecular flexibility index (Phi) is 3.29. The number of benzene rings is 3. The van der Waals surface area contributed by atoms with E-state index in [-0.39, 0.29) is 17.3 Å². The van der Waals surface area contributed by atoms with Gasteiger partial charge in [0.1, 0.15) is 17.3 Å². The Balaban J connectivity index is 2.80. The molecule has 2 N–H and O–H groups in total. The topological polar surface area (TPSA) is 40.5 Å². The zero-order valence-corrected chi connectivity index (χ0v) is 14.3. The van der Waals surface area contributed by atoms with Crippen LogP contribution in [0.4, 0.5) is 4.39 Å². The van der Waals surface area contributed by atoms with Gasteiger partial charge in [-0.15, -0.1) is 0 Å². The number of rotatable bonds is 0. The fraction of sp³-hybridized carbons (Fsp3) is 0.300. The van der Waals surface area contributed by atoms with Gasteiger partial charge in [0.05, 0.1) is 0 Å². The Morgan fingerprint density at radius 2 is 1.22 bits per heavy atom. The van der Waals surface area contributed by atoms with E-state index in [2.05, 4.69) is 0 Å². The van der Waals surface area contributed by atoms with Crippen molar-refractivity contribution in [2.45, 2.75) is 41.5 Å². The van der Waals surface area contributed by atoms with Crippen LogP contribution >= 0.6 is 0 Å². The van der Waals surface area contributed by atoms with Crippen LogP contribution in [0, 0.1) is 47.4 Å². The lowest BCUT2D eigenvalue weighted by Crippen LogP contribution is -1.99. The van der Waals surface area contributed by atoms with Crippen LogP contribution in [0.5, 0.6) is 11.5 Å². The second-order valence-electron chi connectivity index (χ2n) is 6.50. The van der Waals surface area contributed by atoms with Crippen LogP contribution in [0.25, 0.3) is 21.5 Å². The molecule has 0 unspecified atom stereocenters. The van der Waals surface area contributed by atoms with E-state index in [0.29, 0.717) is 33.0 Å². The van der Waals surface area contributed by atoms with Crippen LogP contribution in [0.1, 0.15) is 33.4 Å². The zero-order valence-electron chi connectivity index (χ0n) is 14.3. The summed E-state index contributed by atoms with van der Waals surface area (Å²) in [6, 6.07) is 1.61. The number of hydrogen-bond acceptors (Lipinski definition) is 2. The third kappa shape index (κ3) is 1.86. The van der Waals surface area contributed by atoms with Gasteiger partial charge in [0, 0.05) is 10.8 Å². The van der Waals surface area contributed by atoms with Gasteiger partial charge in [-0.2, -0.15) is 0 Å². The Labute approximate surface area is 135 Å². The number of phenols is 2. The largest absolute Gasteiger partial charge is 0.508 e. The third-order valence-corrected chi connectivity index (χ3v) is 5.22. The van der Waals surface area contributed by atoms with Gasteiger partial charge in [-0.05, 0) is 91.8 Å². The van der Waals surface area contributed by atoms with Crippen LogP contribution in [-0.4, -0.2) is 10.2 Å². The predicted octanol–water partition coefficient (Wildman–Crippen LogP) is 5.39. The lowest BCUT2D eigenvalue weighted by Gasteiger charge is -2.20. The van der Waals surface area contributed by atoms with E-state index >= 15 is 4.39 Å². The smallest absolute Gasteiger partial charge is 0.139 e. The van der Waals surface area contributed by atoms with E-state index in [1.807, 2.05) is 34.6 Å². The highest BCUT2D eigenvalue weighted by Gasteiger charge is 2.22. The molecule has 0 fully saturated rings.